The first kappa shape index (κ1) is 18.9. The van der Waals surface area contributed by atoms with Gasteiger partial charge < -0.3 is 9.88 Å². The van der Waals surface area contributed by atoms with Crippen molar-refractivity contribution in [1.82, 2.24) is 19.5 Å². The molecule has 1 aliphatic heterocycles. The minimum Gasteiger partial charge on any atom is -0.324 e. The van der Waals surface area contributed by atoms with Crippen molar-refractivity contribution in [2.45, 2.75) is 25.5 Å². The van der Waals surface area contributed by atoms with Crippen LogP contribution in [-0.4, -0.2) is 25.3 Å². The maximum absolute atomic E-state index is 4.91. The highest BCUT2D eigenvalue weighted by molar-refractivity contribution is 7.98. The molecule has 5 nitrogen and oxygen atoms in total. The summed E-state index contributed by atoms with van der Waals surface area (Å²) in [5.74, 6) is 3.76. The number of aromatic nitrogens is 4. The van der Waals surface area contributed by atoms with E-state index in [1.807, 2.05) is 31.1 Å². The van der Waals surface area contributed by atoms with Gasteiger partial charge in [-0.3, -0.25) is 0 Å². The van der Waals surface area contributed by atoms with Crippen molar-refractivity contribution in [3.05, 3.63) is 95.3 Å². The molecule has 0 fully saturated rings. The van der Waals surface area contributed by atoms with Crippen LogP contribution in [0.4, 0.5) is 11.6 Å². The van der Waals surface area contributed by atoms with Gasteiger partial charge in [0.25, 0.3) is 0 Å². The van der Waals surface area contributed by atoms with Gasteiger partial charge in [-0.25, -0.2) is 15.0 Å². The van der Waals surface area contributed by atoms with E-state index < -0.39 is 0 Å². The predicted molar refractivity (Wildman–Crippen MR) is 123 cm³/mol. The summed E-state index contributed by atoms with van der Waals surface area (Å²) >= 11 is 1.97. The standard InChI is InChI=1S/C24H23N5S/c1-17-25-12-13-29(17)20-9-7-19(8-10-20)26-24-27-22-11-14-30-16-21(22)23(28-24)15-18-5-3-2-4-6-18/h2-10,12-13H,11,14-16H2,1H3,(H,26,27,28). The van der Waals surface area contributed by atoms with Gasteiger partial charge in [-0.15, -0.1) is 0 Å². The summed E-state index contributed by atoms with van der Waals surface area (Å²) in [5, 5.41) is 3.41. The molecule has 2 aromatic heterocycles. The summed E-state index contributed by atoms with van der Waals surface area (Å²) in [7, 11) is 0. The fraction of sp³-hybridized carbons (Fsp3) is 0.208. The van der Waals surface area contributed by atoms with E-state index in [0.717, 1.165) is 47.2 Å². The molecular formula is C24H23N5S. The normalized spacial score (nSPS) is 13.1. The van der Waals surface area contributed by atoms with E-state index in [-0.39, 0.29) is 0 Å². The number of hydrogen-bond donors (Lipinski definition) is 1. The van der Waals surface area contributed by atoms with Crippen molar-refractivity contribution in [3.8, 4) is 5.69 Å². The molecule has 1 aliphatic rings. The number of aryl methyl sites for hydroxylation is 2. The summed E-state index contributed by atoms with van der Waals surface area (Å²) in [6.45, 7) is 2.00. The molecule has 3 heterocycles. The van der Waals surface area contributed by atoms with Gasteiger partial charge in [-0.05, 0) is 48.9 Å². The van der Waals surface area contributed by atoms with Crippen LogP contribution in [0.1, 0.15) is 28.3 Å². The lowest BCUT2D eigenvalue weighted by Crippen LogP contribution is -2.13. The van der Waals surface area contributed by atoms with E-state index in [0.29, 0.717) is 5.95 Å². The molecule has 0 radical (unpaired) electrons. The lowest BCUT2D eigenvalue weighted by Gasteiger charge is -2.19. The van der Waals surface area contributed by atoms with Gasteiger partial charge in [0.05, 0.1) is 11.4 Å². The van der Waals surface area contributed by atoms with Crippen molar-refractivity contribution in [2.24, 2.45) is 0 Å². The van der Waals surface area contributed by atoms with Gasteiger partial charge in [0.2, 0.25) is 5.95 Å². The summed E-state index contributed by atoms with van der Waals surface area (Å²) in [4.78, 5) is 14.1. The van der Waals surface area contributed by atoms with Crippen molar-refractivity contribution in [3.63, 3.8) is 0 Å². The Morgan fingerprint density at radius 3 is 2.63 bits per heavy atom. The highest BCUT2D eigenvalue weighted by Crippen LogP contribution is 2.29. The second-order valence-corrected chi connectivity index (χ2v) is 8.51. The molecule has 0 aliphatic carbocycles. The number of nitrogens with one attached hydrogen (secondary N) is 1. The van der Waals surface area contributed by atoms with Crippen LogP contribution in [-0.2, 0) is 18.6 Å². The van der Waals surface area contributed by atoms with Crippen LogP contribution in [0.3, 0.4) is 0 Å². The maximum Gasteiger partial charge on any atom is 0.227 e. The highest BCUT2D eigenvalue weighted by Gasteiger charge is 2.18. The minimum atomic E-state index is 0.679. The molecule has 150 valence electrons. The smallest absolute Gasteiger partial charge is 0.227 e. The fourth-order valence-electron chi connectivity index (χ4n) is 3.78. The molecule has 5 rings (SSSR count). The highest BCUT2D eigenvalue weighted by atomic mass is 32.2. The monoisotopic (exact) mass is 413 g/mol. The molecule has 2 aromatic carbocycles. The Morgan fingerprint density at radius 1 is 1.03 bits per heavy atom. The number of nitrogens with zero attached hydrogens (tertiary/aromatic N) is 4. The van der Waals surface area contributed by atoms with Gasteiger partial charge in [0.15, 0.2) is 0 Å². The third kappa shape index (κ3) is 3.96. The molecule has 0 unspecified atom stereocenters. The van der Waals surface area contributed by atoms with E-state index >= 15 is 0 Å². The number of benzene rings is 2. The lowest BCUT2D eigenvalue weighted by atomic mass is 10.0. The van der Waals surface area contributed by atoms with Crippen LogP contribution < -0.4 is 5.32 Å². The topological polar surface area (TPSA) is 55.6 Å². The summed E-state index contributed by atoms with van der Waals surface area (Å²) < 4.78 is 2.06. The number of anilines is 2. The molecular weight excluding hydrogens is 390 g/mol. The fourth-order valence-corrected chi connectivity index (χ4v) is 4.79. The minimum absolute atomic E-state index is 0.679. The molecule has 0 spiro atoms. The zero-order valence-electron chi connectivity index (χ0n) is 16.9. The van der Waals surface area contributed by atoms with Gasteiger partial charge in [0.1, 0.15) is 5.82 Å². The largest absolute Gasteiger partial charge is 0.324 e. The molecule has 0 bridgehead atoms. The Kier molecular flexibility index (Phi) is 5.24. The molecule has 30 heavy (non-hydrogen) atoms. The third-order valence-corrected chi connectivity index (χ3v) is 6.34. The van der Waals surface area contributed by atoms with Gasteiger partial charge in [-0.2, -0.15) is 11.8 Å². The molecule has 4 aromatic rings. The number of thioether (sulfide) groups is 1. The molecule has 0 saturated carbocycles. The Labute approximate surface area is 180 Å². The second-order valence-electron chi connectivity index (χ2n) is 7.40. The van der Waals surface area contributed by atoms with Crippen molar-refractivity contribution < 1.29 is 0 Å². The average Bonchev–Trinajstić information content (AvgIpc) is 3.21. The Morgan fingerprint density at radius 2 is 1.87 bits per heavy atom. The van der Waals surface area contributed by atoms with Crippen LogP contribution in [0.15, 0.2) is 67.0 Å². The van der Waals surface area contributed by atoms with Crippen molar-refractivity contribution in [2.75, 3.05) is 11.1 Å². The summed E-state index contributed by atoms with van der Waals surface area (Å²) in [6.07, 6.45) is 5.62. The number of fused-ring (bicyclic) bond motifs is 1. The van der Waals surface area contributed by atoms with Gasteiger partial charge in [0, 0.05) is 41.5 Å². The molecule has 0 atom stereocenters. The maximum atomic E-state index is 4.91. The SMILES string of the molecule is Cc1nccn1-c1ccc(Nc2nc3c(c(Cc4ccccc4)n2)CSCC3)cc1. The first-order valence-corrected chi connectivity index (χ1v) is 11.3. The van der Waals surface area contributed by atoms with E-state index in [1.165, 1.54) is 16.8 Å². The zero-order valence-corrected chi connectivity index (χ0v) is 17.7. The Bertz CT molecular complexity index is 1150. The van der Waals surface area contributed by atoms with Crippen molar-refractivity contribution in [1.29, 1.82) is 0 Å². The summed E-state index contributed by atoms with van der Waals surface area (Å²) in [5.41, 5.74) is 6.97. The third-order valence-electron chi connectivity index (χ3n) is 5.35. The van der Waals surface area contributed by atoms with Crippen LogP contribution in [0.2, 0.25) is 0 Å². The Balaban J connectivity index is 1.43. The predicted octanol–water partition coefficient (Wildman–Crippen LogP) is 5.09. The second kappa shape index (κ2) is 8.32. The van der Waals surface area contributed by atoms with Crippen LogP contribution in [0, 0.1) is 6.92 Å². The van der Waals surface area contributed by atoms with Gasteiger partial charge in [-0.1, -0.05) is 30.3 Å². The number of rotatable bonds is 5. The molecule has 6 heteroatoms. The summed E-state index contributed by atoms with van der Waals surface area (Å²) in [6, 6.07) is 18.8. The van der Waals surface area contributed by atoms with Crippen LogP contribution in [0.25, 0.3) is 5.69 Å². The quantitative estimate of drug-likeness (QED) is 0.494. The zero-order chi connectivity index (χ0) is 20.3. The molecule has 0 amide bonds. The Hall–Kier alpha value is -3.12. The van der Waals surface area contributed by atoms with E-state index in [9.17, 15) is 0 Å². The first-order valence-electron chi connectivity index (χ1n) is 10.1. The number of hydrogen-bond acceptors (Lipinski definition) is 5. The first-order chi connectivity index (χ1) is 14.8. The molecule has 1 N–H and O–H groups in total. The number of imidazole rings is 1. The van der Waals surface area contributed by atoms with E-state index in [4.69, 9.17) is 9.97 Å². The lowest BCUT2D eigenvalue weighted by molar-refractivity contribution is 0.909. The van der Waals surface area contributed by atoms with E-state index in [1.54, 1.807) is 0 Å². The van der Waals surface area contributed by atoms with Crippen molar-refractivity contribution >= 4 is 23.4 Å². The molecule has 0 saturated heterocycles. The average molecular weight is 414 g/mol. The van der Waals surface area contributed by atoms with E-state index in [2.05, 4.69) is 69.5 Å². The van der Waals surface area contributed by atoms with Crippen LogP contribution in [0.5, 0.6) is 0 Å². The van der Waals surface area contributed by atoms with Gasteiger partial charge >= 0.3 is 0 Å². The van der Waals surface area contributed by atoms with Crippen LogP contribution >= 0.6 is 11.8 Å².